The predicted molar refractivity (Wildman–Crippen MR) is 77.5 cm³/mol. The zero-order valence-corrected chi connectivity index (χ0v) is 11.8. The Balaban J connectivity index is 1.43. The van der Waals surface area contributed by atoms with E-state index in [1.807, 2.05) is 17.3 Å². The average Bonchev–Trinajstić information content (AvgIpc) is 2.93. The van der Waals surface area contributed by atoms with Gasteiger partial charge in [-0.25, -0.2) is 4.79 Å². The van der Waals surface area contributed by atoms with Crippen molar-refractivity contribution in [3.63, 3.8) is 0 Å². The Labute approximate surface area is 120 Å². The Morgan fingerprint density at radius 1 is 1.20 bits per heavy atom. The maximum absolute atomic E-state index is 11.7. The molecule has 2 amide bonds. The first-order valence-electron chi connectivity index (χ1n) is 7.48. The van der Waals surface area contributed by atoms with Gasteiger partial charge < -0.3 is 15.1 Å². The minimum Gasteiger partial charge on any atom is -0.336 e. The van der Waals surface area contributed by atoms with Crippen LogP contribution in [0.4, 0.5) is 4.79 Å². The Morgan fingerprint density at radius 3 is 2.60 bits per heavy atom. The van der Waals surface area contributed by atoms with Crippen LogP contribution in [0.5, 0.6) is 0 Å². The molecule has 0 aromatic carbocycles. The van der Waals surface area contributed by atoms with Gasteiger partial charge in [0.15, 0.2) is 0 Å². The van der Waals surface area contributed by atoms with Gasteiger partial charge in [0.2, 0.25) is 0 Å². The predicted octanol–water partition coefficient (Wildman–Crippen LogP) is 1.11. The number of nitrogens with one attached hydrogen (secondary N) is 1. The number of nitrogens with zero attached hydrogens (tertiary/aromatic N) is 3. The first-order chi connectivity index (χ1) is 9.83. The molecule has 0 radical (unpaired) electrons. The summed E-state index contributed by atoms with van der Waals surface area (Å²) >= 11 is 0. The molecule has 5 nitrogen and oxygen atoms in total. The number of pyridine rings is 1. The molecule has 5 heteroatoms. The molecule has 0 saturated carbocycles. The second-order valence-corrected chi connectivity index (χ2v) is 5.60. The Hall–Kier alpha value is -1.62. The van der Waals surface area contributed by atoms with Crippen molar-refractivity contribution < 1.29 is 4.79 Å². The quantitative estimate of drug-likeness (QED) is 0.895. The van der Waals surface area contributed by atoms with Gasteiger partial charge in [0.25, 0.3) is 0 Å². The van der Waals surface area contributed by atoms with Crippen LogP contribution in [-0.2, 0) is 6.42 Å². The van der Waals surface area contributed by atoms with Crippen LogP contribution in [0.1, 0.15) is 18.4 Å². The van der Waals surface area contributed by atoms with Crippen LogP contribution in [0.3, 0.4) is 0 Å². The highest BCUT2D eigenvalue weighted by Crippen LogP contribution is 2.18. The minimum absolute atomic E-state index is 0.125. The number of rotatable bonds is 4. The first kappa shape index (κ1) is 13.4. The van der Waals surface area contributed by atoms with Crippen LogP contribution in [0.15, 0.2) is 24.5 Å². The van der Waals surface area contributed by atoms with Crippen molar-refractivity contribution in [1.29, 1.82) is 0 Å². The number of piperidine rings is 1. The normalized spacial score (nSPS) is 21.2. The molecular weight excluding hydrogens is 252 g/mol. The number of hydrogen-bond acceptors (Lipinski definition) is 3. The molecule has 0 spiro atoms. The zero-order chi connectivity index (χ0) is 13.8. The second kappa shape index (κ2) is 6.22. The molecule has 1 N–H and O–H groups in total. The standard InChI is InChI=1S/C15H22N4O/c20-15-17-8-12-19(15)14-4-10-18(11-5-14)9-3-13-1-6-16-7-2-13/h1-2,6-7,14H,3-5,8-12H2,(H,17,20). The lowest BCUT2D eigenvalue weighted by molar-refractivity contribution is 0.137. The highest BCUT2D eigenvalue weighted by Gasteiger charge is 2.30. The summed E-state index contributed by atoms with van der Waals surface area (Å²) in [7, 11) is 0. The van der Waals surface area contributed by atoms with Crippen molar-refractivity contribution in [1.82, 2.24) is 20.1 Å². The van der Waals surface area contributed by atoms with Crippen LogP contribution in [0, 0.1) is 0 Å². The zero-order valence-electron chi connectivity index (χ0n) is 11.8. The topological polar surface area (TPSA) is 48.5 Å². The van der Waals surface area contributed by atoms with Gasteiger partial charge in [-0.1, -0.05) is 0 Å². The summed E-state index contributed by atoms with van der Waals surface area (Å²) in [6.45, 7) is 4.98. The fourth-order valence-electron chi connectivity index (χ4n) is 3.13. The number of carbonyl (C=O) groups is 1. The Kier molecular flexibility index (Phi) is 4.16. The maximum Gasteiger partial charge on any atom is 0.317 e. The molecule has 0 unspecified atom stereocenters. The van der Waals surface area contributed by atoms with Gasteiger partial charge in [-0.15, -0.1) is 0 Å². The summed E-state index contributed by atoms with van der Waals surface area (Å²) in [5.74, 6) is 0. The lowest BCUT2D eigenvalue weighted by Crippen LogP contribution is -2.46. The fraction of sp³-hybridized carbons (Fsp3) is 0.600. The fourth-order valence-corrected chi connectivity index (χ4v) is 3.13. The third-order valence-electron chi connectivity index (χ3n) is 4.35. The molecule has 2 aliphatic rings. The molecule has 3 rings (SSSR count). The summed E-state index contributed by atoms with van der Waals surface area (Å²) < 4.78 is 0. The monoisotopic (exact) mass is 274 g/mol. The largest absolute Gasteiger partial charge is 0.336 e. The van der Waals surface area contributed by atoms with E-state index in [1.54, 1.807) is 0 Å². The van der Waals surface area contributed by atoms with E-state index >= 15 is 0 Å². The first-order valence-corrected chi connectivity index (χ1v) is 7.48. The van der Waals surface area contributed by atoms with Crippen LogP contribution in [-0.4, -0.2) is 59.6 Å². The minimum atomic E-state index is 0.125. The highest BCUT2D eigenvalue weighted by atomic mass is 16.2. The van der Waals surface area contributed by atoms with E-state index in [9.17, 15) is 4.79 Å². The third kappa shape index (κ3) is 3.10. The molecule has 108 valence electrons. The Bertz CT molecular complexity index is 442. The molecule has 20 heavy (non-hydrogen) atoms. The van der Waals surface area contributed by atoms with Gasteiger partial charge in [-0.3, -0.25) is 4.98 Å². The van der Waals surface area contributed by atoms with Crippen LogP contribution < -0.4 is 5.32 Å². The van der Waals surface area contributed by atoms with Gasteiger partial charge in [-0.2, -0.15) is 0 Å². The van der Waals surface area contributed by atoms with Gasteiger partial charge in [0.1, 0.15) is 0 Å². The van der Waals surface area contributed by atoms with E-state index in [2.05, 4.69) is 27.3 Å². The van der Waals surface area contributed by atoms with E-state index in [0.717, 1.165) is 52.0 Å². The molecule has 2 aliphatic heterocycles. The number of aromatic nitrogens is 1. The van der Waals surface area contributed by atoms with Crippen molar-refractivity contribution in [2.45, 2.75) is 25.3 Å². The lowest BCUT2D eigenvalue weighted by atomic mass is 10.0. The van der Waals surface area contributed by atoms with E-state index in [-0.39, 0.29) is 6.03 Å². The van der Waals surface area contributed by atoms with Gasteiger partial charge in [0.05, 0.1) is 0 Å². The van der Waals surface area contributed by atoms with Crippen molar-refractivity contribution >= 4 is 6.03 Å². The van der Waals surface area contributed by atoms with Crippen LogP contribution >= 0.6 is 0 Å². The number of carbonyl (C=O) groups excluding carboxylic acids is 1. The van der Waals surface area contributed by atoms with Crippen molar-refractivity contribution in [2.75, 3.05) is 32.7 Å². The third-order valence-corrected chi connectivity index (χ3v) is 4.35. The molecule has 0 aliphatic carbocycles. The smallest absolute Gasteiger partial charge is 0.317 e. The average molecular weight is 274 g/mol. The molecule has 1 aromatic heterocycles. The Morgan fingerprint density at radius 2 is 1.95 bits per heavy atom. The van der Waals surface area contributed by atoms with Crippen LogP contribution in [0.2, 0.25) is 0 Å². The van der Waals surface area contributed by atoms with Crippen molar-refractivity contribution in [3.8, 4) is 0 Å². The van der Waals surface area contributed by atoms with Gasteiger partial charge in [-0.05, 0) is 37.0 Å². The molecule has 1 aromatic rings. The summed E-state index contributed by atoms with van der Waals surface area (Å²) in [5, 5.41) is 2.89. The summed E-state index contributed by atoms with van der Waals surface area (Å²) in [4.78, 5) is 20.2. The van der Waals surface area contributed by atoms with Crippen molar-refractivity contribution in [2.24, 2.45) is 0 Å². The number of likely N-dealkylation sites (tertiary alicyclic amines) is 1. The van der Waals surface area contributed by atoms with E-state index in [4.69, 9.17) is 0 Å². The van der Waals surface area contributed by atoms with Gasteiger partial charge in [0, 0.05) is 51.2 Å². The number of urea groups is 1. The molecule has 0 bridgehead atoms. The summed E-state index contributed by atoms with van der Waals surface area (Å²) in [6.07, 6.45) is 6.99. The molecular formula is C15H22N4O. The molecule has 2 fully saturated rings. The van der Waals surface area contributed by atoms with E-state index in [0.29, 0.717) is 6.04 Å². The molecule has 2 saturated heterocycles. The lowest BCUT2D eigenvalue weighted by Gasteiger charge is -2.36. The maximum atomic E-state index is 11.7. The van der Waals surface area contributed by atoms with E-state index in [1.165, 1.54) is 5.56 Å². The summed E-state index contributed by atoms with van der Waals surface area (Å²) in [5.41, 5.74) is 1.35. The number of hydrogen-bond donors (Lipinski definition) is 1. The number of amides is 2. The van der Waals surface area contributed by atoms with Gasteiger partial charge >= 0.3 is 6.03 Å². The van der Waals surface area contributed by atoms with E-state index < -0.39 is 0 Å². The molecule has 0 atom stereocenters. The highest BCUT2D eigenvalue weighted by molar-refractivity contribution is 5.76. The molecule has 3 heterocycles. The van der Waals surface area contributed by atoms with Crippen LogP contribution in [0.25, 0.3) is 0 Å². The summed E-state index contributed by atoms with van der Waals surface area (Å²) in [6, 6.07) is 4.73. The SMILES string of the molecule is O=C1NCCN1C1CCN(CCc2ccncc2)CC1. The van der Waals surface area contributed by atoms with Crippen molar-refractivity contribution in [3.05, 3.63) is 30.1 Å². The second-order valence-electron chi connectivity index (χ2n) is 5.60.